The van der Waals surface area contributed by atoms with Gasteiger partial charge in [0.15, 0.2) is 5.82 Å². The van der Waals surface area contributed by atoms with Crippen LogP contribution in [-0.2, 0) is 0 Å². The van der Waals surface area contributed by atoms with Crippen LogP contribution in [0.3, 0.4) is 0 Å². The van der Waals surface area contributed by atoms with Gasteiger partial charge in [-0.1, -0.05) is 34.8 Å². The molecule has 2 rings (SSSR count). The first-order valence-electron chi connectivity index (χ1n) is 5.04. The highest BCUT2D eigenvalue weighted by atomic mass is 35.5. The van der Waals surface area contributed by atoms with Gasteiger partial charge in [-0.2, -0.15) is 0 Å². The minimum absolute atomic E-state index is 0.0535. The van der Waals surface area contributed by atoms with Crippen molar-refractivity contribution in [3.63, 3.8) is 0 Å². The Morgan fingerprint density at radius 2 is 1.47 bits per heavy atom. The van der Waals surface area contributed by atoms with Crippen LogP contribution >= 0.6 is 34.8 Å². The number of halogens is 5. The lowest BCUT2D eigenvalue weighted by atomic mass is 10.2. The maximum atomic E-state index is 13.3. The molecule has 0 fully saturated rings. The van der Waals surface area contributed by atoms with Crippen molar-refractivity contribution in [3.8, 4) is 0 Å². The van der Waals surface area contributed by atoms with E-state index in [4.69, 9.17) is 40.5 Å². The van der Waals surface area contributed by atoms with Crippen molar-refractivity contribution in [3.05, 3.63) is 51.0 Å². The lowest BCUT2D eigenvalue weighted by Crippen LogP contribution is -2.00. The first kappa shape index (κ1) is 14.2. The molecule has 0 bridgehead atoms. The first-order valence-corrected chi connectivity index (χ1v) is 6.18. The molecule has 0 saturated carbocycles. The lowest BCUT2D eigenvalue weighted by Gasteiger charge is -2.12. The van der Waals surface area contributed by atoms with Crippen LogP contribution in [0.5, 0.6) is 0 Å². The highest BCUT2D eigenvalue weighted by molar-refractivity contribution is 6.44. The summed E-state index contributed by atoms with van der Waals surface area (Å²) in [5, 5.41) is 3.49. The molecule has 0 aromatic heterocycles. The average Bonchev–Trinajstić information content (AvgIpc) is 2.32. The number of nitrogens with one attached hydrogen (secondary N) is 1. The Labute approximate surface area is 123 Å². The van der Waals surface area contributed by atoms with Crippen LogP contribution < -0.4 is 11.1 Å². The normalized spacial score (nSPS) is 10.6. The third kappa shape index (κ3) is 3.03. The zero-order valence-electron chi connectivity index (χ0n) is 9.28. The zero-order chi connectivity index (χ0) is 14.2. The number of hydrogen-bond donors (Lipinski definition) is 2. The fraction of sp³-hybridized carbons (Fsp3) is 0. The second-order valence-corrected chi connectivity index (χ2v) is 4.94. The fourth-order valence-corrected chi connectivity index (χ4v) is 2.05. The molecule has 0 amide bonds. The highest BCUT2D eigenvalue weighted by Crippen LogP contribution is 2.35. The maximum absolute atomic E-state index is 13.3. The van der Waals surface area contributed by atoms with E-state index in [0.717, 1.165) is 6.07 Å². The Bertz CT molecular complexity index is 647. The molecule has 3 N–H and O–H groups in total. The summed E-state index contributed by atoms with van der Waals surface area (Å²) in [5.41, 5.74) is 5.69. The summed E-state index contributed by atoms with van der Waals surface area (Å²) in [7, 11) is 0. The molecule has 19 heavy (non-hydrogen) atoms. The van der Waals surface area contributed by atoms with Crippen molar-refractivity contribution < 1.29 is 8.78 Å². The van der Waals surface area contributed by atoms with Crippen LogP contribution in [0.4, 0.5) is 25.8 Å². The maximum Gasteiger partial charge on any atom is 0.151 e. The van der Waals surface area contributed by atoms with Crippen molar-refractivity contribution in [2.24, 2.45) is 0 Å². The highest BCUT2D eigenvalue weighted by Gasteiger charge is 2.11. The summed E-state index contributed by atoms with van der Waals surface area (Å²) in [6, 6.07) is 4.60. The van der Waals surface area contributed by atoms with Crippen molar-refractivity contribution >= 4 is 51.9 Å². The summed E-state index contributed by atoms with van der Waals surface area (Å²) in [4.78, 5) is 0. The fourth-order valence-electron chi connectivity index (χ4n) is 1.45. The molecule has 7 heteroatoms. The topological polar surface area (TPSA) is 38.0 Å². The first-order chi connectivity index (χ1) is 8.88. The molecular formula is C12H7Cl3F2N2. The average molecular weight is 324 g/mol. The summed E-state index contributed by atoms with van der Waals surface area (Å²) < 4.78 is 26.4. The Morgan fingerprint density at radius 3 is 2.16 bits per heavy atom. The number of anilines is 3. The van der Waals surface area contributed by atoms with Crippen LogP contribution in [0.15, 0.2) is 24.3 Å². The molecule has 2 nitrogen and oxygen atoms in total. The lowest BCUT2D eigenvalue weighted by molar-refractivity contribution is 0.587. The number of hydrogen-bond acceptors (Lipinski definition) is 2. The van der Waals surface area contributed by atoms with Gasteiger partial charge in [-0.25, -0.2) is 8.78 Å². The Kier molecular flexibility index (Phi) is 4.04. The second kappa shape index (κ2) is 5.41. The van der Waals surface area contributed by atoms with E-state index < -0.39 is 11.6 Å². The Hall–Kier alpha value is -1.23. The van der Waals surface area contributed by atoms with Gasteiger partial charge in [0.1, 0.15) is 5.82 Å². The van der Waals surface area contributed by atoms with Gasteiger partial charge < -0.3 is 11.1 Å². The van der Waals surface area contributed by atoms with Crippen LogP contribution in [0, 0.1) is 11.6 Å². The summed E-state index contributed by atoms with van der Waals surface area (Å²) in [5.74, 6) is -1.62. The number of benzene rings is 2. The van der Waals surface area contributed by atoms with Gasteiger partial charge in [0.2, 0.25) is 0 Å². The van der Waals surface area contributed by atoms with Gasteiger partial charge >= 0.3 is 0 Å². The largest absolute Gasteiger partial charge is 0.395 e. The monoisotopic (exact) mass is 322 g/mol. The molecule has 0 saturated heterocycles. The number of rotatable bonds is 2. The molecule has 0 aliphatic carbocycles. The summed E-state index contributed by atoms with van der Waals surface area (Å²) in [6.45, 7) is 0. The smallest absolute Gasteiger partial charge is 0.151 e. The van der Waals surface area contributed by atoms with E-state index in [0.29, 0.717) is 11.8 Å². The Morgan fingerprint density at radius 1 is 0.842 bits per heavy atom. The molecule has 2 aromatic carbocycles. The van der Waals surface area contributed by atoms with Crippen molar-refractivity contribution in [2.45, 2.75) is 0 Å². The number of nitrogens with two attached hydrogens (primary N) is 1. The van der Waals surface area contributed by atoms with Crippen LogP contribution in [0.2, 0.25) is 15.1 Å². The molecule has 0 radical (unpaired) electrons. The van der Waals surface area contributed by atoms with Gasteiger partial charge in [-0.05, 0) is 18.2 Å². The molecule has 0 atom stereocenters. The SMILES string of the molecule is Nc1c(F)cc(F)cc1Nc1cc(Cl)c(Cl)cc1Cl. The molecule has 0 unspecified atom stereocenters. The standard InChI is InChI=1S/C12H7Cl3F2N2/c13-6-3-8(15)10(4-7(6)14)19-11-2-5(16)1-9(17)12(11)18/h1-4,19H,18H2. The van der Waals surface area contributed by atoms with Crippen LogP contribution in [-0.4, -0.2) is 0 Å². The third-order valence-electron chi connectivity index (χ3n) is 2.37. The van der Waals surface area contributed by atoms with E-state index in [1.54, 1.807) is 0 Å². The molecule has 100 valence electrons. The van der Waals surface area contributed by atoms with Gasteiger partial charge in [0.25, 0.3) is 0 Å². The minimum atomic E-state index is -0.862. The van der Waals surface area contributed by atoms with E-state index in [1.807, 2.05) is 0 Å². The van der Waals surface area contributed by atoms with E-state index in [2.05, 4.69) is 5.32 Å². The van der Waals surface area contributed by atoms with Crippen molar-refractivity contribution in [1.29, 1.82) is 0 Å². The summed E-state index contributed by atoms with van der Waals surface area (Å²) >= 11 is 17.6. The van der Waals surface area contributed by atoms with Crippen molar-refractivity contribution in [2.75, 3.05) is 11.1 Å². The summed E-state index contributed by atoms with van der Waals surface area (Å²) in [6.07, 6.45) is 0. The predicted octanol–water partition coefficient (Wildman–Crippen LogP) is 5.25. The van der Waals surface area contributed by atoms with Gasteiger partial charge in [0.05, 0.1) is 32.1 Å². The van der Waals surface area contributed by atoms with Crippen molar-refractivity contribution in [1.82, 2.24) is 0 Å². The molecule has 0 aliphatic heterocycles. The number of nitrogen functional groups attached to an aromatic ring is 1. The quantitative estimate of drug-likeness (QED) is 0.585. The van der Waals surface area contributed by atoms with Gasteiger partial charge in [-0.15, -0.1) is 0 Å². The Balaban J connectivity index is 2.44. The van der Waals surface area contributed by atoms with E-state index >= 15 is 0 Å². The predicted molar refractivity (Wildman–Crippen MR) is 75.5 cm³/mol. The van der Waals surface area contributed by atoms with Gasteiger partial charge in [-0.3, -0.25) is 0 Å². The molecule has 0 spiro atoms. The molecule has 2 aromatic rings. The van der Waals surface area contributed by atoms with E-state index in [-0.39, 0.29) is 26.4 Å². The van der Waals surface area contributed by atoms with E-state index in [9.17, 15) is 8.78 Å². The third-order valence-corrected chi connectivity index (χ3v) is 3.41. The minimum Gasteiger partial charge on any atom is -0.395 e. The molecule has 0 aliphatic rings. The second-order valence-electron chi connectivity index (χ2n) is 3.72. The molecular weight excluding hydrogens is 317 g/mol. The van der Waals surface area contributed by atoms with E-state index in [1.165, 1.54) is 12.1 Å². The van der Waals surface area contributed by atoms with Crippen LogP contribution in [0.25, 0.3) is 0 Å². The molecule has 0 heterocycles. The van der Waals surface area contributed by atoms with Crippen LogP contribution in [0.1, 0.15) is 0 Å². The zero-order valence-corrected chi connectivity index (χ0v) is 11.5. The van der Waals surface area contributed by atoms with Gasteiger partial charge in [0, 0.05) is 6.07 Å².